The van der Waals surface area contributed by atoms with Crippen LogP contribution in [0.3, 0.4) is 0 Å². The van der Waals surface area contributed by atoms with Gasteiger partial charge in [0.05, 0.1) is 6.61 Å². The first-order valence-electron chi connectivity index (χ1n) is 4.28. The Hall–Kier alpha value is -0.0900. The third-order valence-corrected chi connectivity index (χ3v) is 2.73. The van der Waals surface area contributed by atoms with Crippen LogP contribution in [-0.2, 0) is 13.8 Å². The molecule has 0 saturated carbocycles. The van der Waals surface area contributed by atoms with Crippen molar-refractivity contribution in [1.82, 2.24) is 0 Å². The topological polar surface area (TPSA) is 157 Å². The molecular formula is C6H13O9P. The summed E-state index contributed by atoms with van der Waals surface area (Å²) in [5.74, 6) is -2.44. The maximum Gasteiger partial charge on any atom is 0.472 e. The third kappa shape index (κ3) is 2.59. The van der Waals surface area contributed by atoms with E-state index in [-0.39, 0.29) is 0 Å². The maximum atomic E-state index is 10.6. The van der Waals surface area contributed by atoms with Crippen LogP contribution >= 0.6 is 7.82 Å². The van der Waals surface area contributed by atoms with Crippen LogP contribution in [0, 0.1) is 0 Å². The van der Waals surface area contributed by atoms with Gasteiger partial charge in [0.15, 0.2) is 0 Å². The predicted octanol–water partition coefficient (Wildman–Crippen LogP) is -3.10. The van der Waals surface area contributed by atoms with E-state index in [1.165, 1.54) is 0 Å². The van der Waals surface area contributed by atoms with Crippen molar-refractivity contribution in [3.05, 3.63) is 0 Å². The lowest BCUT2D eigenvalue weighted by Crippen LogP contribution is -2.47. The molecule has 16 heavy (non-hydrogen) atoms. The Kier molecular flexibility index (Phi) is 4.06. The molecule has 4 atom stereocenters. The maximum absolute atomic E-state index is 10.6. The number of ether oxygens (including phenoxy) is 1. The van der Waals surface area contributed by atoms with E-state index in [1.54, 1.807) is 0 Å². The van der Waals surface area contributed by atoms with Gasteiger partial charge in [0.25, 0.3) is 0 Å². The quantitative estimate of drug-likeness (QED) is 0.288. The SMILES string of the molecule is O=P(O)(O)O[C@]1(CO)O[C@H](CO)[C@H](O)C1O. The van der Waals surface area contributed by atoms with Crippen molar-refractivity contribution in [2.45, 2.75) is 24.1 Å². The summed E-state index contributed by atoms with van der Waals surface area (Å²) in [7, 11) is -5.04. The van der Waals surface area contributed by atoms with E-state index < -0.39 is 45.1 Å². The fourth-order valence-corrected chi connectivity index (χ4v) is 2.05. The molecule has 1 aliphatic heterocycles. The van der Waals surface area contributed by atoms with Gasteiger partial charge >= 0.3 is 7.82 Å². The third-order valence-electron chi connectivity index (χ3n) is 2.18. The first-order valence-corrected chi connectivity index (χ1v) is 5.81. The number of hydrogen-bond acceptors (Lipinski definition) is 7. The summed E-state index contributed by atoms with van der Waals surface area (Å²) in [6, 6.07) is 0. The summed E-state index contributed by atoms with van der Waals surface area (Å²) < 4.78 is 19.5. The van der Waals surface area contributed by atoms with Crippen LogP contribution in [0.1, 0.15) is 0 Å². The van der Waals surface area contributed by atoms with Crippen LogP contribution in [0.4, 0.5) is 0 Å². The Morgan fingerprint density at radius 2 is 1.88 bits per heavy atom. The summed E-state index contributed by atoms with van der Waals surface area (Å²) in [5, 5.41) is 36.5. The van der Waals surface area contributed by atoms with E-state index in [0.717, 1.165) is 0 Å². The second-order valence-corrected chi connectivity index (χ2v) is 4.49. The van der Waals surface area contributed by atoms with Crippen LogP contribution < -0.4 is 0 Å². The molecule has 9 nitrogen and oxygen atoms in total. The van der Waals surface area contributed by atoms with Crippen LogP contribution in [0.15, 0.2) is 0 Å². The summed E-state index contributed by atoms with van der Waals surface area (Å²) in [6.45, 7) is -1.79. The number of hydrogen-bond donors (Lipinski definition) is 6. The molecule has 0 amide bonds. The standard InChI is InChI=1S/C6H13O9P/c7-1-3-4(9)5(10)6(2-8,14-3)15-16(11,12)13/h3-5,7-10H,1-2H2,(H2,11,12,13)/t3-,4+,5?,6+/m1/s1. The van der Waals surface area contributed by atoms with E-state index in [0.29, 0.717) is 0 Å². The zero-order valence-electron chi connectivity index (χ0n) is 8.00. The Morgan fingerprint density at radius 3 is 2.19 bits per heavy atom. The lowest BCUT2D eigenvalue weighted by Gasteiger charge is -2.29. The summed E-state index contributed by atoms with van der Waals surface area (Å²) in [5.41, 5.74) is 0. The minimum Gasteiger partial charge on any atom is -0.394 e. The van der Waals surface area contributed by atoms with Gasteiger partial charge in [-0.05, 0) is 0 Å². The Labute approximate surface area is 90.1 Å². The van der Waals surface area contributed by atoms with Crippen molar-refractivity contribution in [3.63, 3.8) is 0 Å². The minimum absolute atomic E-state index is 0.704. The van der Waals surface area contributed by atoms with E-state index in [2.05, 4.69) is 4.52 Å². The molecular weight excluding hydrogens is 247 g/mol. The fraction of sp³-hybridized carbons (Fsp3) is 1.00. The van der Waals surface area contributed by atoms with Gasteiger partial charge in [-0.25, -0.2) is 9.09 Å². The van der Waals surface area contributed by atoms with Gasteiger partial charge in [0.2, 0.25) is 5.79 Å². The molecule has 1 unspecified atom stereocenters. The smallest absolute Gasteiger partial charge is 0.394 e. The first-order chi connectivity index (χ1) is 7.25. The number of rotatable bonds is 4. The van der Waals surface area contributed by atoms with E-state index in [1.807, 2.05) is 0 Å². The molecule has 0 aromatic carbocycles. The Balaban J connectivity index is 2.93. The molecule has 10 heteroatoms. The fourth-order valence-electron chi connectivity index (χ4n) is 1.44. The van der Waals surface area contributed by atoms with Gasteiger partial charge in [0, 0.05) is 0 Å². The molecule has 96 valence electrons. The molecule has 0 aromatic rings. The van der Waals surface area contributed by atoms with Crippen molar-refractivity contribution in [3.8, 4) is 0 Å². The second kappa shape index (κ2) is 4.65. The largest absolute Gasteiger partial charge is 0.472 e. The second-order valence-electron chi connectivity index (χ2n) is 3.33. The highest BCUT2D eigenvalue weighted by atomic mass is 31.2. The van der Waals surface area contributed by atoms with Crippen molar-refractivity contribution in [1.29, 1.82) is 0 Å². The van der Waals surface area contributed by atoms with E-state index in [4.69, 9.17) is 24.7 Å². The number of phosphoric acid groups is 1. The number of aliphatic hydroxyl groups excluding tert-OH is 4. The highest BCUT2D eigenvalue weighted by Gasteiger charge is 2.57. The average Bonchev–Trinajstić information content (AvgIpc) is 2.41. The van der Waals surface area contributed by atoms with Crippen molar-refractivity contribution >= 4 is 7.82 Å². The Morgan fingerprint density at radius 1 is 1.31 bits per heavy atom. The molecule has 1 saturated heterocycles. The predicted molar refractivity (Wildman–Crippen MR) is 46.9 cm³/mol. The number of aliphatic hydroxyl groups is 4. The van der Waals surface area contributed by atoms with Crippen LogP contribution in [0.25, 0.3) is 0 Å². The normalized spacial score (nSPS) is 40.2. The van der Waals surface area contributed by atoms with Crippen LogP contribution in [0.2, 0.25) is 0 Å². The number of phosphoric ester groups is 1. The van der Waals surface area contributed by atoms with Crippen molar-refractivity contribution in [2.75, 3.05) is 13.2 Å². The van der Waals surface area contributed by atoms with Crippen molar-refractivity contribution < 1.29 is 44.0 Å². The summed E-state index contributed by atoms with van der Waals surface area (Å²) in [4.78, 5) is 17.2. The zero-order valence-corrected chi connectivity index (χ0v) is 8.90. The average molecular weight is 260 g/mol. The zero-order chi connectivity index (χ0) is 12.6. The molecule has 1 rings (SSSR count). The molecule has 1 fully saturated rings. The molecule has 0 radical (unpaired) electrons. The minimum atomic E-state index is -5.04. The van der Waals surface area contributed by atoms with Gasteiger partial charge in [-0.1, -0.05) is 0 Å². The van der Waals surface area contributed by atoms with Gasteiger partial charge in [0.1, 0.15) is 24.9 Å². The van der Waals surface area contributed by atoms with Gasteiger partial charge < -0.3 is 34.9 Å². The molecule has 0 aliphatic carbocycles. The summed E-state index contributed by atoms with van der Waals surface area (Å²) in [6.07, 6.45) is -4.81. The van der Waals surface area contributed by atoms with Gasteiger partial charge in [-0.15, -0.1) is 0 Å². The molecule has 1 aliphatic rings. The monoisotopic (exact) mass is 260 g/mol. The van der Waals surface area contributed by atoms with Crippen LogP contribution in [0.5, 0.6) is 0 Å². The van der Waals surface area contributed by atoms with Crippen molar-refractivity contribution in [2.24, 2.45) is 0 Å². The molecule has 6 N–H and O–H groups in total. The molecule has 0 spiro atoms. The molecule has 0 aromatic heterocycles. The van der Waals surface area contributed by atoms with Gasteiger partial charge in [-0.2, -0.15) is 0 Å². The highest BCUT2D eigenvalue weighted by molar-refractivity contribution is 7.46. The Bertz CT molecular complexity index is 290. The van der Waals surface area contributed by atoms with Crippen LogP contribution in [-0.4, -0.2) is 67.5 Å². The lowest BCUT2D eigenvalue weighted by atomic mass is 10.1. The summed E-state index contributed by atoms with van der Waals surface area (Å²) >= 11 is 0. The van der Waals surface area contributed by atoms with Gasteiger partial charge in [-0.3, -0.25) is 0 Å². The first kappa shape index (κ1) is 14.0. The highest BCUT2D eigenvalue weighted by Crippen LogP contribution is 2.46. The van der Waals surface area contributed by atoms with E-state index >= 15 is 0 Å². The lowest BCUT2D eigenvalue weighted by molar-refractivity contribution is -0.237. The molecule has 0 bridgehead atoms. The van der Waals surface area contributed by atoms with E-state index in [9.17, 15) is 14.8 Å². The molecule has 1 heterocycles.